The van der Waals surface area contributed by atoms with Crippen LogP contribution in [-0.4, -0.2) is 25.7 Å². The van der Waals surface area contributed by atoms with Crippen molar-refractivity contribution in [2.24, 2.45) is 0 Å². The third kappa shape index (κ3) is 10.8. The first-order chi connectivity index (χ1) is 8.43. The van der Waals surface area contributed by atoms with Gasteiger partial charge >= 0.3 is 0 Å². The highest BCUT2D eigenvalue weighted by molar-refractivity contribution is 4.80. The molecule has 0 aliphatic heterocycles. The molecule has 1 aliphatic carbocycles. The Kier molecular flexibility index (Phi) is 9.72. The second kappa shape index (κ2) is 11.0. The molecule has 0 heterocycles. The van der Waals surface area contributed by atoms with Gasteiger partial charge in [0, 0.05) is 6.04 Å². The lowest BCUT2D eigenvalue weighted by atomic mass is 10.1. The molecule has 1 rings (SSSR count). The van der Waals surface area contributed by atoms with Gasteiger partial charge < -0.3 is 10.6 Å². The molecule has 0 atom stereocenters. The molecule has 0 aromatic heterocycles. The SMILES string of the molecule is CCCCCCCCCNCCCNC1CC1. The van der Waals surface area contributed by atoms with Gasteiger partial charge in [0.2, 0.25) is 0 Å². The van der Waals surface area contributed by atoms with Crippen LogP contribution in [0.4, 0.5) is 0 Å². The predicted octanol–water partition coefficient (Wildman–Crippen LogP) is 3.47. The molecule has 1 aliphatic rings. The van der Waals surface area contributed by atoms with Crippen LogP contribution in [-0.2, 0) is 0 Å². The first-order valence-electron chi connectivity index (χ1n) is 7.87. The summed E-state index contributed by atoms with van der Waals surface area (Å²) in [5.41, 5.74) is 0. The van der Waals surface area contributed by atoms with Gasteiger partial charge in [-0.3, -0.25) is 0 Å². The largest absolute Gasteiger partial charge is 0.317 e. The monoisotopic (exact) mass is 240 g/mol. The van der Waals surface area contributed by atoms with Crippen molar-refractivity contribution in [3.63, 3.8) is 0 Å². The second-order valence-corrected chi connectivity index (χ2v) is 5.45. The van der Waals surface area contributed by atoms with Gasteiger partial charge in [-0.1, -0.05) is 45.4 Å². The Morgan fingerprint density at radius 3 is 2.12 bits per heavy atom. The first-order valence-corrected chi connectivity index (χ1v) is 7.87. The summed E-state index contributed by atoms with van der Waals surface area (Å²) in [6, 6.07) is 0.873. The average molecular weight is 240 g/mol. The summed E-state index contributed by atoms with van der Waals surface area (Å²) >= 11 is 0. The van der Waals surface area contributed by atoms with E-state index in [4.69, 9.17) is 0 Å². The Balaban J connectivity index is 1.61. The topological polar surface area (TPSA) is 24.1 Å². The fourth-order valence-corrected chi connectivity index (χ4v) is 2.14. The fraction of sp³-hybridized carbons (Fsp3) is 1.00. The van der Waals surface area contributed by atoms with Crippen molar-refractivity contribution in [2.75, 3.05) is 19.6 Å². The maximum atomic E-state index is 3.55. The third-order valence-electron chi connectivity index (χ3n) is 3.50. The van der Waals surface area contributed by atoms with Gasteiger partial charge in [0.1, 0.15) is 0 Å². The van der Waals surface area contributed by atoms with Crippen molar-refractivity contribution < 1.29 is 0 Å². The first kappa shape index (κ1) is 15.0. The number of hydrogen-bond donors (Lipinski definition) is 2. The molecular weight excluding hydrogens is 208 g/mol. The summed E-state index contributed by atoms with van der Waals surface area (Å²) in [6.07, 6.45) is 14.0. The lowest BCUT2D eigenvalue weighted by molar-refractivity contribution is 0.547. The predicted molar refractivity (Wildman–Crippen MR) is 76.5 cm³/mol. The van der Waals surface area contributed by atoms with Gasteiger partial charge in [0.25, 0.3) is 0 Å². The van der Waals surface area contributed by atoms with Crippen LogP contribution in [0.25, 0.3) is 0 Å². The normalized spacial score (nSPS) is 15.4. The molecule has 0 saturated heterocycles. The Morgan fingerprint density at radius 2 is 1.41 bits per heavy atom. The van der Waals surface area contributed by atoms with Crippen LogP contribution in [0.3, 0.4) is 0 Å². The van der Waals surface area contributed by atoms with Crippen molar-refractivity contribution >= 4 is 0 Å². The summed E-state index contributed by atoms with van der Waals surface area (Å²) in [4.78, 5) is 0. The maximum Gasteiger partial charge on any atom is 0.00682 e. The lowest BCUT2D eigenvalue weighted by Gasteiger charge is -2.05. The van der Waals surface area contributed by atoms with Crippen LogP contribution >= 0.6 is 0 Å². The number of hydrogen-bond acceptors (Lipinski definition) is 2. The highest BCUT2D eigenvalue weighted by atomic mass is 14.9. The van der Waals surface area contributed by atoms with E-state index in [-0.39, 0.29) is 0 Å². The molecule has 2 nitrogen and oxygen atoms in total. The standard InChI is InChI=1S/C15H32N2/c1-2-3-4-5-6-7-8-12-16-13-9-14-17-15-10-11-15/h15-17H,2-14H2,1H3. The molecule has 0 amide bonds. The number of unbranched alkanes of at least 4 members (excludes halogenated alkanes) is 6. The number of rotatable bonds is 13. The summed E-state index contributed by atoms with van der Waals surface area (Å²) < 4.78 is 0. The summed E-state index contributed by atoms with van der Waals surface area (Å²) in [7, 11) is 0. The van der Waals surface area contributed by atoms with E-state index in [1.165, 1.54) is 83.8 Å². The lowest BCUT2D eigenvalue weighted by Crippen LogP contribution is -2.23. The van der Waals surface area contributed by atoms with Crippen LogP contribution in [0.1, 0.15) is 71.1 Å². The molecule has 0 aromatic rings. The zero-order valence-electron chi connectivity index (χ0n) is 11.8. The van der Waals surface area contributed by atoms with Crippen molar-refractivity contribution in [3.8, 4) is 0 Å². The Hall–Kier alpha value is -0.0800. The molecule has 17 heavy (non-hydrogen) atoms. The molecule has 0 aromatic carbocycles. The zero-order valence-corrected chi connectivity index (χ0v) is 11.8. The zero-order chi connectivity index (χ0) is 12.2. The van der Waals surface area contributed by atoms with Crippen LogP contribution in [0, 0.1) is 0 Å². The van der Waals surface area contributed by atoms with Crippen LogP contribution in [0.2, 0.25) is 0 Å². The Labute approximate surface area is 108 Å². The average Bonchev–Trinajstić information content (AvgIpc) is 3.15. The third-order valence-corrected chi connectivity index (χ3v) is 3.50. The van der Waals surface area contributed by atoms with E-state index in [9.17, 15) is 0 Å². The van der Waals surface area contributed by atoms with Gasteiger partial charge in [0.05, 0.1) is 0 Å². The quantitative estimate of drug-likeness (QED) is 0.482. The molecule has 1 saturated carbocycles. The van der Waals surface area contributed by atoms with Crippen molar-refractivity contribution in [1.29, 1.82) is 0 Å². The van der Waals surface area contributed by atoms with E-state index in [1.54, 1.807) is 0 Å². The van der Waals surface area contributed by atoms with Gasteiger partial charge in [-0.25, -0.2) is 0 Å². The van der Waals surface area contributed by atoms with Crippen LogP contribution in [0.15, 0.2) is 0 Å². The minimum atomic E-state index is 0.873. The van der Waals surface area contributed by atoms with E-state index in [0.717, 1.165) is 6.04 Å². The van der Waals surface area contributed by atoms with Gasteiger partial charge in [0.15, 0.2) is 0 Å². The van der Waals surface area contributed by atoms with E-state index in [0.29, 0.717) is 0 Å². The Morgan fingerprint density at radius 1 is 0.765 bits per heavy atom. The second-order valence-electron chi connectivity index (χ2n) is 5.45. The molecule has 0 radical (unpaired) electrons. The fourth-order valence-electron chi connectivity index (χ4n) is 2.14. The van der Waals surface area contributed by atoms with Gasteiger partial charge in [-0.15, -0.1) is 0 Å². The minimum absolute atomic E-state index is 0.873. The van der Waals surface area contributed by atoms with Crippen molar-refractivity contribution in [3.05, 3.63) is 0 Å². The van der Waals surface area contributed by atoms with Gasteiger partial charge in [-0.05, 0) is 45.3 Å². The minimum Gasteiger partial charge on any atom is -0.317 e. The van der Waals surface area contributed by atoms with E-state index < -0.39 is 0 Å². The summed E-state index contributed by atoms with van der Waals surface area (Å²) in [5, 5.41) is 7.09. The maximum absolute atomic E-state index is 3.55. The van der Waals surface area contributed by atoms with Crippen molar-refractivity contribution in [2.45, 2.75) is 77.2 Å². The molecule has 2 heteroatoms. The van der Waals surface area contributed by atoms with Crippen LogP contribution in [0.5, 0.6) is 0 Å². The smallest absolute Gasteiger partial charge is 0.00682 e. The van der Waals surface area contributed by atoms with E-state index in [1.807, 2.05) is 0 Å². The van der Waals surface area contributed by atoms with Crippen LogP contribution < -0.4 is 10.6 Å². The van der Waals surface area contributed by atoms with Gasteiger partial charge in [-0.2, -0.15) is 0 Å². The molecule has 2 N–H and O–H groups in total. The van der Waals surface area contributed by atoms with E-state index in [2.05, 4.69) is 17.6 Å². The molecule has 0 bridgehead atoms. The van der Waals surface area contributed by atoms with E-state index >= 15 is 0 Å². The molecule has 0 spiro atoms. The molecule has 1 fully saturated rings. The number of nitrogens with one attached hydrogen (secondary N) is 2. The molecule has 102 valence electrons. The summed E-state index contributed by atoms with van der Waals surface area (Å²) in [6.45, 7) is 5.89. The molecule has 0 unspecified atom stereocenters. The Bertz CT molecular complexity index is 155. The van der Waals surface area contributed by atoms with Crippen molar-refractivity contribution in [1.82, 2.24) is 10.6 Å². The highest BCUT2D eigenvalue weighted by Crippen LogP contribution is 2.18. The summed E-state index contributed by atoms with van der Waals surface area (Å²) in [5.74, 6) is 0. The molecular formula is C15H32N2. The highest BCUT2D eigenvalue weighted by Gasteiger charge is 2.19.